The lowest BCUT2D eigenvalue weighted by atomic mass is 10.1. The third-order valence-corrected chi connectivity index (χ3v) is 3.29. The zero-order valence-corrected chi connectivity index (χ0v) is 16.7. The highest BCUT2D eigenvalue weighted by atomic mass is 127. The Balaban J connectivity index is 0.00000312. The summed E-state index contributed by atoms with van der Waals surface area (Å²) in [5.74, 6) is 1.74. The summed E-state index contributed by atoms with van der Waals surface area (Å²) in [4.78, 5) is 8.49. The van der Waals surface area contributed by atoms with Crippen LogP contribution in [0.25, 0.3) is 0 Å². The van der Waals surface area contributed by atoms with Crippen LogP contribution in [0.2, 0.25) is 0 Å². The first kappa shape index (κ1) is 21.1. The van der Waals surface area contributed by atoms with E-state index in [9.17, 15) is 4.39 Å². The van der Waals surface area contributed by atoms with Crippen LogP contribution in [0.15, 0.2) is 47.6 Å². The zero-order valence-electron chi connectivity index (χ0n) is 14.4. The highest BCUT2D eigenvalue weighted by Gasteiger charge is 2.01. The summed E-state index contributed by atoms with van der Waals surface area (Å²) < 4.78 is 18.4. The molecule has 2 aromatic rings. The van der Waals surface area contributed by atoms with Crippen LogP contribution in [-0.2, 0) is 6.54 Å². The van der Waals surface area contributed by atoms with Crippen molar-refractivity contribution in [2.75, 3.05) is 6.54 Å². The molecule has 0 bridgehead atoms. The van der Waals surface area contributed by atoms with E-state index in [-0.39, 0.29) is 29.8 Å². The predicted octanol–water partition coefficient (Wildman–Crippen LogP) is 4.08. The lowest BCUT2D eigenvalue weighted by molar-refractivity contribution is 0.461. The number of ether oxygens (including phenoxy) is 1. The van der Waals surface area contributed by atoms with Gasteiger partial charge in [-0.2, -0.15) is 0 Å². The van der Waals surface area contributed by atoms with Gasteiger partial charge < -0.3 is 15.8 Å². The van der Waals surface area contributed by atoms with Gasteiger partial charge in [-0.1, -0.05) is 19.9 Å². The van der Waals surface area contributed by atoms with Crippen molar-refractivity contribution in [2.45, 2.75) is 26.8 Å². The Morgan fingerprint density at radius 1 is 1.24 bits per heavy atom. The standard InChI is InChI=1S/C18H23FN4O.HI/c1-13(2)9-10-21-18(20)23-12-14-3-8-17(22-11-14)24-16-6-4-15(19)5-7-16;/h3-8,11,13H,9-10,12H2,1-2H3,(H3,20,21,23);1H. The fraction of sp³-hybridized carbons (Fsp3) is 0.333. The van der Waals surface area contributed by atoms with E-state index in [1.54, 1.807) is 24.4 Å². The molecule has 0 aliphatic heterocycles. The van der Waals surface area contributed by atoms with Crippen LogP contribution in [0.4, 0.5) is 4.39 Å². The largest absolute Gasteiger partial charge is 0.439 e. The molecule has 1 aromatic heterocycles. The molecular formula is C18H24FIN4O. The fourth-order valence-electron chi connectivity index (χ4n) is 1.91. The first-order valence-corrected chi connectivity index (χ1v) is 7.95. The highest BCUT2D eigenvalue weighted by molar-refractivity contribution is 14.0. The van der Waals surface area contributed by atoms with Gasteiger partial charge in [-0.05, 0) is 42.2 Å². The third kappa shape index (κ3) is 8.15. The molecule has 0 aliphatic carbocycles. The van der Waals surface area contributed by atoms with Crippen LogP contribution in [0, 0.1) is 11.7 Å². The topological polar surface area (TPSA) is 72.5 Å². The molecule has 0 amide bonds. The number of aromatic nitrogens is 1. The van der Waals surface area contributed by atoms with Gasteiger partial charge in [0.1, 0.15) is 11.6 Å². The van der Waals surface area contributed by atoms with Gasteiger partial charge in [0.2, 0.25) is 5.88 Å². The molecule has 0 atom stereocenters. The average Bonchev–Trinajstić information content (AvgIpc) is 2.56. The Hall–Kier alpha value is -1.90. The minimum absolute atomic E-state index is 0. The van der Waals surface area contributed by atoms with E-state index in [0.29, 0.717) is 30.1 Å². The molecule has 0 unspecified atom stereocenters. The van der Waals surface area contributed by atoms with Crippen LogP contribution in [0.5, 0.6) is 11.6 Å². The Morgan fingerprint density at radius 3 is 2.56 bits per heavy atom. The number of rotatable bonds is 7. The molecule has 1 heterocycles. The number of pyridine rings is 1. The molecule has 7 heteroatoms. The van der Waals surface area contributed by atoms with E-state index >= 15 is 0 Å². The quantitative estimate of drug-likeness (QED) is 0.373. The Bertz CT molecular complexity index is 660. The molecule has 0 aliphatic rings. The van der Waals surface area contributed by atoms with Crippen LogP contribution in [0.1, 0.15) is 25.8 Å². The molecule has 3 N–H and O–H groups in total. The van der Waals surface area contributed by atoms with Crippen molar-refractivity contribution >= 4 is 29.9 Å². The van der Waals surface area contributed by atoms with E-state index in [0.717, 1.165) is 18.5 Å². The van der Waals surface area contributed by atoms with Crippen LogP contribution >= 0.6 is 24.0 Å². The molecule has 25 heavy (non-hydrogen) atoms. The van der Waals surface area contributed by atoms with Gasteiger partial charge in [0.15, 0.2) is 5.96 Å². The van der Waals surface area contributed by atoms with E-state index in [4.69, 9.17) is 10.5 Å². The van der Waals surface area contributed by atoms with Gasteiger partial charge in [0.05, 0.1) is 6.54 Å². The second kappa shape index (κ2) is 10.9. The fourth-order valence-corrected chi connectivity index (χ4v) is 1.91. The number of hydrogen-bond donors (Lipinski definition) is 2. The Labute approximate surface area is 164 Å². The van der Waals surface area contributed by atoms with Gasteiger partial charge in [-0.3, -0.25) is 0 Å². The minimum Gasteiger partial charge on any atom is -0.439 e. The normalized spacial score (nSPS) is 11.1. The predicted molar refractivity (Wildman–Crippen MR) is 109 cm³/mol. The van der Waals surface area contributed by atoms with Crippen molar-refractivity contribution in [3.05, 3.63) is 54.0 Å². The molecule has 0 saturated heterocycles. The van der Waals surface area contributed by atoms with E-state index in [1.165, 1.54) is 12.1 Å². The maximum Gasteiger partial charge on any atom is 0.219 e. The van der Waals surface area contributed by atoms with Gasteiger partial charge >= 0.3 is 0 Å². The monoisotopic (exact) mass is 458 g/mol. The van der Waals surface area contributed by atoms with Crippen molar-refractivity contribution in [1.29, 1.82) is 0 Å². The van der Waals surface area contributed by atoms with Crippen LogP contribution < -0.4 is 15.8 Å². The van der Waals surface area contributed by atoms with E-state index in [2.05, 4.69) is 29.1 Å². The number of aliphatic imine (C=N–C) groups is 1. The van der Waals surface area contributed by atoms with E-state index in [1.807, 2.05) is 6.07 Å². The minimum atomic E-state index is -0.303. The maximum atomic E-state index is 12.8. The van der Waals surface area contributed by atoms with Crippen molar-refractivity contribution in [3.63, 3.8) is 0 Å². The van der Waals surface area contributed by atoms with Crippen LogP contribution in [-0.4, -0.2) is 17.5 Å². The first-order chi connectivity index (χ1) is 11.5. The summed E-state index contributed by atoms with van der Waals surface area (Å²) in [5.41, 5.74) is 6.74. The number of nitrogens with zero attached hydrogens (tertiary/aromatic N) is 2. The summed E-state index contributed by atoms with van der Waals surface area (Å²) in [6, 6.07) is 9.41. The third-order valence-electron chi connectivity index (χ3n) is 3.29. The van der Waals surface area contributed by atoms with Gasteiger partial charge in [-0.25, -0.2) is 14.4 Å². The second-order valence-electron chi connectivity index (χ2n) is 5.87. The number of nitrogens with two attached hydrogens (primary N) is 1. The summed E-state index contributed by atoms with van der Waals surface area (Å²) in [6.45, 7) is 5.59. The first-order valence-electron chi connectivity index (χ1n) is 7.95. The SMILES string of the molecule is CC(C)CCNC(N)=NCc1ccc(Oc2ccc(F)cc2)nc1.I. The molecule has 5 nitrogen and oxygen atoms in total. The van der Waals surface area contributed by atoms with Crippen LogP contribution in [0.3, 0.4) is 0 Å². The number of guanidine groups is 1. The lowest BCUT2D eigenvalue weighted by Crippen LogP contribution is -2.32. The summed E-state index contributed by atoms with van der Waals surface area (Å²) in [7, 11) is 0. The summed E-state index contributed by atoms with van der Waals surface area (Å²) in [6.07, 6.45) is 2.73. The Kier molecular flexibility index (Phi) is 9.18. The maximum absolute atomic E-state index is 12.8. The van der Waals surface area contributed by atoms with Crippen molar-refractivity contribution in [3.8, 4) is 11.6 Å². The number of nitrogens with one attached hydrogen (secondary N) is 1. The molecule has 0 fully saturated rings. The lowest BCUT2D eigenvalue weighted by Gasteiger charge is -2.08. The molecule has 0 spiro atoms. The van der Waals surface area contributed by atoms with Gasteiger partial charge in [-0.15, -0.1) is 24.0 Å². The van der Waals surface area contributed by atoms with Crippen molar-refractivity contribution in [1.82, 2.24) is 10.3 Å². The Morgan fingerprint density at radius 2 is 1.96 bits per heavy atom. The van der Waals surface area contributed by atoms with Gasteiger partial charge in [0, 0.05) is 18.8 Å². The molecule has 0 saturated carbocycles. The van der Waals surface area contributed by atoms with Gasteiger partial charge in [0.25, 0.3) is 0 Å². The van der Waals surface area contributed by atoms with E-state index < -0.39 is 0 Å². The zero-order chi connectivity index (χ0) is 17.4. The second-order valence-corrected chi connectivity index (χ2v) is 5.87. The number of benzene rings is 1. The number of hydrogen-bond acceptors (Lipinski definition) is 3. The average molecular weight is 458 g/mol. The molecular weight excluding hydrogens is 434 g/mol. The molecule has 1 aromatic carbocycles. The van der Waals surface area contributed by atoms with Crippen molar-refractivity contribution in [2.24, 2.45) is 16.6 Å². The number of halogens is 2. The smallest absolute Gasteiger partial charge is 0.219 e. The molecule has 2 rings (SSSR count). The summed E-state index contributed by atoms with van der Waals surface area (Å²) >= 11 is 0. The summed E-state index contributed by atoms with van der Waals surface area (Å²) in [5, 5.41) is 3.08. The van der Waals surface area contributed by atoms with Crippen molar-refractivity contribution < 1.29 is 9.13 Å². The molecule has 136 valence electrons. The highest BCUT2D eigenvalue weighted by Crippen LogP contribution is 2.19. The molecule has 0 radical (unpaired) electrons.